The molecule has 0 fully saturated rings. The van der Waals surface area contributed by atoms with E-state index >= 15 is 0 Å². The summed E-state index contributed by atoms with van der Waals surface area (Å²) in [5.41, 5.74) is 3.31. The average molecular weight is 431 g/mol. The molecule has 0 spiro atoms. The molecule has 0 saturated carbocycles. The van der Waals surface area contributed by atoms with Gasteiger partial charge in [-0.25, -0.2) is 0 Å². The minimum absolute atomic E-state index is 0.156. The van der Waals surface area contributed by atoms with Crippen molar-refractivity contribution in [2.45, 2.75) is 33.6 Å². The number of hydrogen-bond donors (Lipinski definition) is 1. The SMILES string of the molecule is CCOC(=O)CNC(=O)CCCN(C(=O)c1ccc(Cl)cc1)c1c(C)cccc1C. The number of nitrogens with one attached hydrogen (secondary N) is 1. The van der Waals surface area contributed by atoms with Crippen molar-refractivity contribution < 1.29 is 19.1 Å². The van der Waals surface area contributed by atoms with Crippen LogP contribution in [-0.4, -0.2) is 37.5 Å². The van der Waals surface area contributed by atoms with Crippen LogP contribution in [0.3, 0.4) is 0 Å². The highest BCUT2D eigenvalue weighted by Crippen LogP contribution is 2.27. The van der Waals surface area contributed by atoms with Crippen LogP contribution in [0.25, 0.3) is 0 Å². The zero-order valence-corrected chi connectivity index (χ0v) is 18.3. The number of rotatable bonds is 9. The van der Waals surface area contributed by atoms with Crippen molar-refractivity contribution in [3.63, 3.8) is 0 Å². The number of anilines is 1. The van der Waals surface area contributed by atoms with E-state index in [1.54, 1.807) is 36.1 Å². The first-order chi connectivity index (χ1) is 14.3. The van der Waals surface area contributed by atoms with Gasteiger partial charge in [0.05, 0.1) is 6.61 Å². The van der Waals surface area contributed by atoms with Crippen molar-refractivity contribution in [1.29, 1.82) is 0 Å². The van der Waals surface area contributed by atoms with Crippen molar-refractivity contribution >= 4 is 35.1 Å². The third-order valence-corrected chi connectivity index (χ3v) is 4.82. The molecule has 0 heterocycles. The number of esters is 1. The average Bonchev–Trinajstić information content (AvgIpc) is 2.71. The summed E-state index contributed by atoms with van der Waals surface area (Å²) in [6.45, 7) is 6.09. The van der Waals surface area contributed by atoms with E-state index < -0.39 is 5.97 Å². The smallest absolute Gasteiger partial charge is 0.325 e. The molecule has 2 aromatic rings. The topological polar surface area (TPSA) is 75.7 Å². The van der Waals surface area contributed by atoms with Crippen LogP contribution in [0.2, 0.25) is 5.02 Å². The van der Waals surface area contributed by atoms with Crippen LogP contribution < -0.4 is 10.2 Å². The van der Waals surface area contributed by atoms with Crippen LogP contribution >= 0.6 is 11.6 Å². The fraction of sp³-hybridized carbons (Fsp3) is 0.348. The van der Waals surface area contributed by atoms with Crippen LogP contribution in [-0.2, 0) is 14.3 Å². The first-order valence-electron chi connectivity index (χ1n) is 9.89. The summed E-state index contributed by atoms with van der Waals surface area (Å²) in [6, 6.07) is 12.6. The number of carbonyl (C=O) groups excluding carboxylic acids is 3. The number of para-hydroxylation sites is 1. The third kappa shape index (κ3) is 6.59. The van der Waals surface area contributed by atoms with Crippen molar-refractivity contribution in [1.82, 2.24) is 5.32 Å². The Hall–Kier alpha value is -2.86. The van der Waals surface area contributed by atoms with E-state index in [-0.39, 0.29) is 31.4 Å². The van der Waals surface area contributed by atoms with Crippen molar-refractivity contribution in [3.8, 4) is 0 Å². The van der Waals surface area contributed by atoms with Crippen LogP contribution in [0.5, 0.6) is 0 Å². The first-order valence-corrected chi connectivity index (χ1v) is 10.3. The molecule has 6 nitrogen and oxygen atoms in total. The van der Waals surface area contributed by atoms with Gasteiger partial charge in [0, 0.05) is 29.2 Å². The van der Waals surface area contributed by atoms with E-state index in [0.717, 1.165) is 16.8 Å². The number of ether oxygens (including phenoxy) is 1. The Morgan fingerprint density at radius 2 is 1.67 bits per heavy atom. The molecule has 0 aliphatic heterocycles. The van der Waals surface area contributed by atoms with E-state index in [1.807, 2.05) is 32.0 Å². The van der Waals surface area contributed by atoms with Gasteiger partial charge >= 0.3 is 5.97 Å². The highest BCUT2D eigenvalue weighted by atomic mass is 35.5. The van der Waals surface area contributed by atoms with Gasteiger partial charge in [-0.1, -0.05) is 29.8 Å². The van der Waals surface area contributed by atoms with E-state index in [0.29, 0.717) is 23.6 Å². The number of nitrogens with zero attached hydrogens (tertiary/aromatic N) is 1. The molecule has 30 heavy (non-hydrogen) atoms. The van der Waals surface area contributed by atoms with Gasteiger partial charge in [0.2, 0.25) is 5.91 Å². The van der Waals surface area contributed by atoms with Crippen molar-refractivity contribution in [2.24, 2.45) is 0 Å². The van der Waals surface area contributed by atoms with Gasteiger partial charge in [-0.05, 0) is 62.6 Å². The normalized spacial score (nSPS) is 10.4. The molecule has 2 rings (SSSR count). The van der Waals surface area contributed by atoms with Gasteiger partial charge in [-0.2, -0.15) is 0 Å². The van der Waals surface area contributed by atoms with Crippen LogP contribution in [0, 0.1) is 13.8 Å². The molecule has 0 atom stereocenters. The van der Waals surface area contributed by atoms with Crippen LogP contribution in [0.4, 0.5) is 5.69 Å². The largest absolute Gasteiger partial charge is 0.465 e. The summed E-state index contributed by atoms with van der Waals surface area (Å²) in [5, 5.41) is 3.10. The highest BCUT2D eigenvalue weighted by molar-refractivity contribution is 6.30. The molecule has 0 aliphatic rings. The standard InChI is InChI=1S/C23H27ClN2O4/c1-4-30-21(28)15-25-20(27)9-6-14-26(22-16(2)7-5-8-17(22)3)23(29)18-10-12-19(24)13-11-18/h5,7-8,10-13H,4,6,9,14-15H2,1-3H3,(H,25,27). The van der Waals surface area contributed by atoms with Gasteiger partial charge < -0.3 is 15.0 Å². The predicted octanol–water partition coefficient (Wildman–Crippen LogP) is 4.06. The molecule has 7 heteroatoms. The Bertz CT molecular complexity index is 876. The van der Waals surface area contributed by atoms with Crippen molar-refractivity contribution in [3.05, 3.63) is 64.2 Å². The maximum atomic E-state index is 13.2. The fourth-order valence-corrected chi connectivity index (χ4v) is 3.29. The molecule has 0 bridgehead atoms. The number of halogens is 1. The number of benzene rings is 2. The lowest BCUT2D eigenvalue weighted by Crippen LogP contribution is -2.35. The Kier molecular flexibility index (Phi) is 8.87. The summed E-state index contributed by atoms with van der Waals surface area (Å²) in [5.74, 6) is -0.889. The van der Waals surface area contributed by atoms with Crippen molar-refractivity contribution in [2.75, 3.05) is 24.6 Å². The van der Waals surface area contributed by atoms with Gasteiger partial charge in [-0.15, -0.1) is 0 Å². The van der Waals surface area contributed by atoms with Gasteiger partial charge in [-0.3, -0.25) is 14.4 Å². The molecule has 0 radical (unpaired) electrons. The molecule has 0 aromatic heterocycles. The molecule has 0 unspecified atom stereocenters. The van der Waals surface area contributed by atoms with Crippen LogP contribution in [0.1, 0.15) is 41.3 Å². The second-order valence-electron chi connectivity index (χ2n) is 6.89. The molecular weight excluding hydrogens is 404 g/mol. The Morgan fingerprint density at radius 1 is 1.03 bits per heavy atom. The molecule has 0 saturated heterocycles. The van der Waals surface area contributed by atoms with E-state index in [1.165, 1.54) is 0 Å². The number of hydrogen-bond acceptors (Lipinski definition) is 4. The maximum Gasteiger partial charge on any atom is 0.325 e. The summed E-state index contributed by atoms with van der Waals surface area (Å²) >= 11 is 5.95. The lowest BCUT2D eigenvalue weighted by molar-refractivity contribution is -0.143. The minimum Gasteiger partial charge on any atom is -0.465 e. The van der Waals surface area contributed by atoms with E-state index in [9.17, 15) is 14.4 Å². The quantitative estimate of drug-likeness (QED) is 0.608. The highest BCUT2D eigenvalue weighted by Gasteiger charge is 2.21. The summed E-state index contributed by atoms with van der Waals surface area (Å²) in [6.07, 6.45) is 0.635. The number of aryl methyl sites for hydroxylation is 2. The Morgan fingerprint density at radius 3 is 2.27 bits per heavy atom. The zero-order chi connectivity index (χ0) is 22.1. The Labute approximate surface area is 182 Å². The lowest BCUT2D eigenvalue weighted by Gasteiger charge is -2.26. The lowest BCUT2D eigenvalue weighted by atomic mass is 10.1. The number of amides is 2. The molecule has 160 valence electrons. The zero-order valence-electron chi connectivity index (χ0n) is 17.5. The third-order valence-electron chi connectivity index (χ3n) is 4.57. The van der Waals surface area contributed by atoms with E-state index in [2.05, 4.69) is 5.32 Å². The number of carbonyl (C=O) groups is 3. The molecular formula is C23H27ClN2O4. The Balaban J connectivity index is 2.11. The maximum absolute atomic E-state index is 13.2. The van der Waals surface area contributed by atoms with Gasteiger partial charge in [0.25, 0.3) is 5.91 Å². The second-order valence-corrected chi connectivity index (χ2v) is 7.33. The summed E-state index contributed by atoms with van der Waals surface area (Å²) in [7, 11) is 0. The van der Waals surface area contributed by atoms with Crippen LogP contribution in [0.15, 0.2) is 42.5 Å². The van der Waals surface area contributed by atoms with Gasteiger partial charge in [0.15, 0.2) is 0 Å². The van der Waals surface area contributed by atoms with Gasteiger partial charge in [0.1, 0.15) is 6.54 Å². The first kappa shape index (κ1) is 23.4. The second kappa shape index (κ2) is 11.4. The molecule has 1 N–H and O–H groups in total. The minimum atomic E-state index is -0.471. The van der Waals surface area contributed by atoms with E-state index in [4.69, 9.17) is 16.3 Å². The predicted molar refractivity (Wildman–Crippen MR) is 118 cm³/mol. The summed E-state index contributed by atoms with van der Waals surface area (Å²) in [4.78, 5) is 38.4. The monoisotopic (exact) mass is 430 g/mol. The molecule has 2 amide bonds. The molecule has 0 aliphatic carbocycles. The molecule has 2 aromatic carbocycles. The summed E-state index contributed by atoms with van der Waals surface area (Å²) < 4.78 is 4.79. The fourth-order valence-electron chi connectivity index (χ4n) is 3.16.